The van der Waals surface area contributed by atoms with Crippen molar-refractivity contribution in [2.75, 3.05) is 23.9 Å². The van der Waals surface area contributed by atoms with Crippen LogP contribution < -0.4 is 24.6 Å². The Morgan fingerprint density at radius 1 is 0.957 bits per heavy atom. The first-order valence-corrected chi connectivity index (χ1v) is 17.6. The number of carbonyl (C=O) groups excluding carboxylic acids is 3. The van der Waals surface area contributed by atoms with Crippen LogP contribution in [0.25, 0.3) is 0 Å². The molecular weight excluding hydrogens is 681 g/mol. The molecule has 3 amide bonds. The van der Waals surface area contributed by atoms with Crippen molar-refractivity contribution in [3.63, 3.8) is 0 Å². The molecule has 1 saturated heterocycles. The fourth-order valence-electron chi connectivity index (χ4n) is 8.09. The summed E-state index contributed by atoms with van der Waals surface area (Å²) in [6.07, 6.45) is 0.784. The van der Waals surface area contributed by atoms with Gasteiger partial charge in [0.05, 0.1) is 39.7 Å². The van der Waals surface area contributed by atoms with Crippen LogP contribution in [0, 0.1) is 29.6 Å². The maximum atomic E-state index is 14.0. The Morgan fingerprint density at radius 3 is 2.47 bits per heavy atom. The number of imide groups is 1. The molecule has 8 rings (SSSR count). The average Bonchev–Trinajstić information content (AvgIpc) is 3.80. The molecule has 9 nitrogen and oxygen atoms in total. The molecule has 2 N–H and O–H groups in total. The highest BCUT2D eigenvalue weighted by molar-refractivity contribution is 8.00. The number of carbonyl (C=O) groups is 3. The molecule has 3 heterocycles. The number of aromatic amines is 1. The zero-order valence-electron chi connectivity index (χ0n) is 24.8. The van der Waals surface area contributed by atoms with Gasteiger partial charge in [-0.05, 0) is 84.3 Å². The van der Waals surface area contributed by atoms with Gasteiger partial charge < -0.3 is 19.8 Å². The summed E-state index contributed by atoms with van der Waals surface area (Å²) in [6.45, 7) is -0.231. The van der Waals surface area contributed by atoms with Gasteiger partial charge in [-0.2, -0.15) is 0 Å². The first-order valence-electron chi connectivity index (χ1n) is 15.1. The summed E-state index contributed by atoms with van der Waals surface area (Å²) in [6, 6.07) is 19.4. The predicted octanol–water partition coefficient (Wildman–Crippen LogP) is 6.45. The van der Waals surface area contributed by atoms with Gasteiger partial charge in [0.2, 0.25) is 11.8 Å². The van der Waals surface area contributed by atoms with Crippen LogP contribution in [0.5, 0.6) is 11.5 Å². The van der Waals surface area contributed by atoms with E-state index in [4.69, 9.17) is 32.7 Å². The van der Waals surface area contributed by atoms with Gasteiger partial charge in [0.15, 0.2) is 6.61 Å². The molecule has 3 aromatic carbocycles. The summed E-state index contributed by atoms with van der Waals surface area (Å²) >= 11 is 14.9. The molecule has 2 aliphatic carbocycles. The Bertz CT molecular complexity index is 2000. The van der Waals surface area contributed by atoms with Crippen LogP contribution in [-0.4, -0.2) is 41.7 Å². The van der Waals surface area contributed by atoms with E-state index in [-0.39, 0.29) is 64.0 Å². The van der Waals surface area contributed by atoms with Crippen molar-refractivity contribution in [2.45, 2.75) is 22.6 Å². The van der Waals surface area contributed by atoms with Crippen molar-refractivity contribution in [3.8, 4) is 11.5 Å². The van der Waals surface area contributed by atoms with Crippen LogP contribution >= 0.6 is 46.3 Å². The van der Waals surface area contributed by atoms with Gasteiger partial charge in [-0.3, -0.25) is 24.1 Å². The minimum absolute atomic E-state index is 0.00301. The van der Waals surface area contributed by atoms with Crippen molar-refractivity contribution in [2.24, 2.45) is 29.6 Å². The monoisotopic (exact) mass is 707 g/mol. The van der Waals surface area contributed by atoms with Crippen molar-refractivity contribution in [1.29, 1.82) is 0 Å². The highest BCUT2D eigenvalue weighted by Gasteiger charge is 2.69. The normalized spacial score (nSPS) is 27.0. The van der Waals surface area contributed by atoms with E-state index >= 15 is 0 Å². The molecule has 2 aliphatic heterocycles. The minimum Gasteiger partial charge on any atom is -0.497 e. The van der Waals surface area contributed by atoms with Crippen molar-refractivity contribution in [1.82, 2.24) is 4.98 Å². The average molecular weight is 709 g/mol. The molecule has 4 aromatic rings. The number of H-pyrrole nitrogens is 1. The van der Waals surface area contributed by atoms with Gasteiger partial charge in [0, 0.05) is 21.7 Å². The van der Waals surface area contributed by atoms with E-state index in [9.17, 15) is 19.2 Å². The third kappa shape index (κ3) is 5.06. The van der Waals surface area contributed by atoms with E-state index in [0.717, 1.165) is 21.9 Å². The number of benzene rings is 3. The summed E-state index contributed by atoms with van der Waals surface area (Å²) in [7, 11) is 1.57. The summed E-state index contributed by atoms with van der Waals surface area (Å²) in [5.41, 5.74) is 1.99. The second-order valence-corrected chi connectivity index (χ2v) is 15.2. The minimum atomic E-state index is -0.416. The molecule has 4 aliphatic rings. The van der Waals surface area contributed by atoms with E-state index in [1.54, 1.807) is 67.4 Å². The summed E-state index contributed by atoms with van der Waals surface area (Å²) in [5.74, 6) is -0.484. The fraction of sp³-hybridized carbons (Fsp3) is 0.294. The van der Waals surface area contributed by atoms with Gasteiger partial charge in [-0.25, -0.2) is 0 Å². The second kappa shape index (κ2) is 11.7. The second-order valence-electron chi connectivity index (χ2n) is 12.2. The van der Waals surface area contributed by atoms with Crippen LogP contribution in [0.1, 0.15) is 22.8 Å². The molecule has 2 saturated carbocycles. The molecule has 6 unspecified atom stereocenters. The van der Waals surface area contributed by atoms with Crippen LogP contribution in [0.4, 0.5) is 11.4 Å². The highest BCUT2D eigenvalue weighted by atomic mass is 35.5. The number of aromatic nitrogens is 1. The van der Waals surface area contributed by atoms with Gasteiger partial charge in [-0.15, -0.1) is 11.8 Å². The molecule has 1 aromatic heterocycles. The van der Waals surface area contributed by atoms with Crippen LogP contribution in [-0.2, 0) is 14.4 Å². The van der Waals surface area contributed by atoms with Gasteiger partial charge in [0.1, 0.15) is 11.5 Å². The lowest BCUT2D eigenvalue weighted by Gasteiger charge is -2.43. The lowest BCUT2D eigenvalue weighted by molar-refractivity contribution is -0.123. The highest BCUT2D eigenvalue weighted by Crippen LogP contribution is 2.68. The topological polar surface area (TPSA) is 118 Å². The molecule has 13 heteroatoms. The molecular formula is C34H27Cl2N3O6S2. The Hall–Kier alpha value is -3.77. The number of rotatable bonds is 7. The third-order valence-electron chi connectivity index (χ3n) is 9.85. The number of methoxy groups -OCH3 is 1. The lowest BCUT2D eigenvalue weighted by atomic mass is 9.68. The molecule has 47 heavy (non-hydrogen) atoms. The number of amides is 3. The van der Waals surface area contributed by atoms with E-state index in [0.29, 0.717) is 32.9 Å². The number of thioether (sulfide) groups is 1. The summed E-state index contributed by atoms with van der Waals surface area (Å²) < 4.78 is 11.2. The number of thiazole rings is 1. The molecule has 3 fully saturated rings. The van der Waals surface area contributed by atoms with Crippen LogP contribution in [0.3, 0.4) is 0 Å². The Kier molecular flexibility index (Phi) is 7.63. The third-order valence-corrected chi connectivity index (χ3v) is 13.2. The summed E-state index contributed by atoms with van der Waals surface area (Å²) in [4.78, 5) is 58.4. The number of hydrogen-bond donors (Lipinski definition) is 2. The molecule has 0 radical (unpaired) electrons. The van der Waals surface area contributed by atoms with E-state index in [1.165, 1.54) is 16.2 Å². The number of halogens is 2. The van der Waals surface area contributed by atoms with Crippen molar-refractivity contribution >= 4 is 75.4 Å². The zero-order valence-corrected chi connectivity index (χ0v) is 27.9. The standard InChI is InChI=1S/C34H27Cl2N3O6S2/c1-44-18-8-6-17(7-9-18)39-32(41)27-20-13-21(28(27)33(39)42)29-26(20)25(30-31(46-29)38-34(43)47-30)15-3-2-4-19(11-15)45-14-24(40)37-16-5-10-22(35)23(36)12-16/h2-12,20-21,25-29H,13-14H2,1H3,(H,37,40)(H,38,43)/t20?,21?,25-,26?,27?,28?,29?/m1/s1. The Balaban J connectivity index is 1.07. The van der Waals surface area contributed by atoms with E-state index in [2.05, 4.69) is 10.3 Å². The number of nitrogens with one attached hydrogen (secondary N) is 2. The fourth-order valence-corrected chi connectivity index (χ4v) is 11.3. The van der Waals surface area contributed by atoms with Crippen LogP contribution in [0.2, 0.25) is 10.0 Å². The van der Waals surface area contributed by atoms with Crippen molar-refractivity contribution < 1.29 is 23.9 Å². The lowest BCUT2D eigenvalue weighted by Crippen LogP contribution is -2.42. The largest absolute Gasteiger partial charge is 0.497 e. The van der Waals surface area contributed by atoms with Gasteiger partial charge in [-0.1, -0.05) is 46.7 Å². The maximum absolute atomic E-state index is 14.0. The predicted molar refractivity (Wildman–Crippen MR) is 181 cm³/mol. The smallest absolute Gasteiger partial charge is 0.305 e. The number of nitrogens with zero attached hydrogens (tertiary/aromatic N) is 1. The number of hydrogen-bond acceptors (Lipinski definition) is 8. The molecule has 2 bridgehead atoms. The molecule has 0 spiro atoms. The Morgan fingerprint density at radius 2 is 1.72 bits per heavy atom. The van der Waals surface area contributed by atoms with Gasteiger partial charge in [0.25, 0.3) is 5.91 Å². The number of ether oxygens (including phenoxy) is 2. The zero-order chi connectivity index (χ0) is 32.6. The molecule has 240 valence electrons. The SMILES string of the molecule is COc1ccc(N2C(=O)C3C4CC(C3C2=O)C2C4Sc3[nH]c(=O)sc3[C@@H]2c2cccc(OCC(=O)Nc3ccc(Cl)c(Cl)c3)c2)cc1. The van der Waals surface area contributed by atoms with E-state index < -0.39 is 5.92 Å². The van der Waals surface area contributed by atoms with Crippen LogP contribution in [0.15, 0.2) is 76.6 Å². The summed E-state index contributed by atoms with van der Waals surface area (Å²) in [5, 5.41) is 4.36. The first-order chi connectivity index (χ1) is 22.7. The first kappa shape index (κ1) is 30.6. The Labute approximate surface area is 287 Å². The quantitative estimate of drug-likeness (QED) is 0.212. The number of anilines is 2. The molecule has 7 atom stereocenters. The maximum Gasteiger partial charge on any atom is 0.305 e. The van der Waals surface area contributed by atoms with Gasteiger partial charge >= 0.3 is 4.87 Å². The van der Waals surface area contributed by atoms with Crippen molar-refractivity contribution in [3.05, 3.63) is 96.9 Å². The van der Waals surface area contributed by atoms with E-state index in [1.807, 2.05) is 18.2 Å². The number of fused-ring (bicyclic) bond motifs is 9.